The number of hydrogen-bond donors (Lipinski definition) is 2. The van der Waals surface area contributed by atoms with Gasteiger partial charge in [-0.2, -0.15) is 0 Å². The molecule has 4 aromatic rings. The van der Waals surface area contributed by atoms with Crippen LogP contribution >= 0.6 is 39.0 Å². The predicted molar refractivity (Wildman–Crippen MR) is 118 cm³/mol. The summed E-state index contributed by atoms with van der Waals surface area (Å²) in [4.78, 5) is 16.3. The van der Waals surface area contributed by atoms with Gasteiger partial charge in [-0.1, -0.05) is 45.9 Å². The Balaban J connectivity index is 1.66. The second kappa shape index (κ2) is 8.76. The predicted octanol–water partition coefficient (Wildman–Crippen LogP) is 4.59. The molecule has 0 unspecified atom stereocenters. The summed E-state index contributed by atoms with van der Waals surface area (Å²) in [6.07, 6.45) is 1.64. The molecule has 146 valence electrons. The van der Waals surface area contributed by atoms with Crippen LogP contribution in [0.25, 0.3) is 17.1 Å². The molecule has 0 fully saturated rings. The molecule has 0 bridgehead atoms. The molecule has 0 radical (unpaired) electrons. The number of carbonyl (C=O) groups is 1. The number of phenolic OH excluding ortho intramolecular Hbond substituents is 1. The maximum atomic E-state index is 12.2. The Hall–Kier alpha value is -2.69. The largest absolute Gasteiger partial charge is 0.507 e. The molecule has 2 aromatic carbocycles. The van der Waals surface area contributed by atoms with Crippen molar-refractivity contribution < 1.29 is 9.90 Å². The Bertz CT molecular complexity index is 1130. The minimum absolute atomic E-state index is 0.0934. The Kier molecular flexibility index (Phi) is 5.93. The minimum Gasteiger partial charge on any atom is -0.507 e. The van der Waals surface area contributed by atoms with E-state index in [9.17, 15) is 9.90 Å². The summed E-state index contributed by atoms with van der Waals surface area (Å²) in [5.41, 5.74) is 1.37. The number of thioether (sulfide) groups is 1. The van der Waals surface area contributed by atoms with Crippen LogP contribution in [0.2, 0.25) is 0 Å². The second-order valence-electron chi connectivity index (χ2n) is 5.81. The van der Waals surface area contributed by atoms with Gasteiger partial charge >= 0.3 is 0 Å². The lowest BCUT2D eigenvalue weighted by Crippen LogP contribution is -2.14. The van der Waals surface area contributed by atoms with Crippen molar-refractivity contribution >= 4 is 50.1 Å². The van der Waals surface area contributed by atoms with Gasteiger partial charge in [0, 0.05) is 21.7 Å². The van der Waals surface area contributed by atoms with Crippen LogP contribution in [-0.2, 0) is 4.79 Å². The molecule has 1 amide bonds. The van der Waals surface area contributed by atoms with Gasteiger partial charge in [-0.15, -0.1) is 21.5 Å². The minimum atomic E-state index is -0.181. The maximum absolute atomic E-state index is 12.2. The number of aromatic hydroxyl groups is 1. The summed E-state index contributed by atoms with van der Waals surface area (Å²) in [5.74, 6) is 0.544. The number of carbonyl (C=O) groups excluding carboxylic acids is 1. The molecule has 0 saturated carbocycles. The maximum Gasteiger partial charge on any atom is 0.236 e. The van der Waals surface area contributed by atoms with Gasteiger partial charge in [0.1, 0.15) is 5.75 Å². The van der Waals surface area contributed by atoms with E-state index in [1.807, 2.05) is 34.9 Å². The van der Waals surface area contributed by atoms with Gasteiger partial charge in [-0.05, 0) is 30.3 Å². The van der Waals surface area contributed by atoms with Crippen LogP contribution in [0.5, 0.6) is 5.75 Å². The van der Waals surface area contributed by atoms with E-state index in [4.69, 9.17) is 0 Å². The highest BCUT2D eigenvalue weighted by molar-refractivity contribution is 9.10. The molecule has 2 aromatic heterocycles. The summed E-state index contributed by atoms with van der Waals surface area (Å²) in [7, 11) is 0. The first-order valence-electron chi connectivity index (χ1n) is 8.43. The molecule has 0 atom stereocenters. The van der Waals surface area contributed by atoms with Gasteiger partial charge in [-0.3, -0.25) is 9.36 Å². The summed E-state index contributed by atoms with van der Waals surface area (Å²) < 4.78 is 2.63. The van der Waals surface area contributed by atoms with Gasteiger partial charge < -0.3 is 10.4 Å². The quantitative estimate of drug-likeness (QED) is 0.386. The number of hydrogen-bond acceptors (Lipinski definition) is 7. The highest BCUT2D eigenvalue weighted by atomic mass is 79.9. The van der Waals surface area contributed by atoms with Gasteiger partial charge in [0.25, 0.3) is 0 Å². The lowest BCUT2D eigenvalue weighted by atomic mass is 10.2. The molecule has 4 rings (SSSR count). The van der Waals surface area contributed by atoms with E-state index in [0.717, 1.165) is 10.2 Å². The third-order valence-electron chi connectivity index (χ3n) is 3.86. The number of phenols is 1. The number of nitrogens with zero attached hydrogens (tertiary/aromatic N) is 4. The fraction of sp³-hybridized carbons (Fsp3) is 0.0526. The van der Waals surface area contributed by atoms with Crippen LogP contribution in [0.4, 0.5) is 5.13 Å². The van der Waals surface area contributed by atoms with Crippen molar-refractivity contribution in [3.8, 4) is 22.8 Å². The first-order chi connectivity index (χ1) is 14.1. The number of amides is 1. The zero-order chi connectivity index (χ0) is 20.2. The smallest absolute Gasteiger partial charge is 0.236 e. The van der Waals surface area contributed by atoms with Crippen molar-refractivity contribution in [1.29, 1.82) is 0 Å². The molecule has 2 heterocycles. The molecule has 0 aliphatic rings. The SMILES string of the molecule is O=C(CSc1nnc(-c2cc(Br)ccc2O)n1-c1ccccc1)Nc1nccs1. The number of nitrogens with one attached hydrogen (secondary N) is 1. The number of benzene rings is 2. The first-order valence-corrected chi connectivity index (χ1v) is 11.1. The second-order valence-corrected chi connectivity index (χ2v) is 8.57. The van der Waals surface area contributed by atoms with Crippen LogP contribution in [-0.4, -0.2) is 36.5 Å². The van der Waals surface area contributed by atoms with Crippen molar-refractivity contribution in [2.75, 3.05) is 11.1 Å². The Morgan fingerprint density at radius 3 is 2.79 bits per heavy atom. The lowest BCUT2D eigenvalue weighted by molar-refractivity contribution is -0.113. The van der Waals surface area contributed by atoms with Gasteiger partial charge in [0.15, 0.2) is 16.1 Å². The normalized spacial score (nSPS) is 10.8. The molecule has 7 nitrogen and oxygen atoms in total. The Labute approximate surface area is 183 Å². The fourth-order valence-corrected chi connectivity index (χ4v) is 4.26. The molecule has 10 heteroatoms. The van der Waals surface area contributed by atoms with E-state index < -0.39 is 0 Å². The highest BCUT2D eigenvalue weighted by Gasteiger charge is 2.19. The fourth-order valence-electron chi connectivity index (χ4n) is 2.61. The molecule has 0 aliphatic heterocycles. The van der Waals surface area contributed by atoms with Crippen molar-refractivity contribution in [3.63, 3.8) is 0 Å². The van der Waals surface area contributed by atoms with Crippen molar-refractivity contribution in [1.82, 2.24) is 19.7 Å². The van der Waals surface area contributed by atoms with E-state index in [1.165, 1.54) is 23.1 Å². The van der Waals surface area contributed by atoms with Gasteiger partial charge in [-0.25, -0.2) is 4.98 Å². The van der Waals surface area contributed by atoms with E-state index in [0.29, 0.717) is 21.7 Å². The molecule has 2 N–H and O–H groups in total. The number of para-hydroxylation sites is 1. The number of aromatic nitrogens is 4. The standard InChI is InChI=1S/C19H14BrN5O2S2/c20-12-6-7-15(26)14(10-12)17-23-24-19(25(17)13-4-2-1-3-5-13)29-11-16(27)22-18-21-8-9-28-18/h1-10,26H,11H2,(H,21,22,27). The van der Waals surface area contributed by atoms with Crippen molar-refractivity contribution in [2.24, 2.45) is 0 Å². The van der Waals surface area contributed by atoms with E-state index in [2.05, 4.69) is 36.4 Å². The average molecular weight is 488 g/mol. The summed E-state index contributed by atoms with van der Waals surface area (Å²) in [6, 6.07) is 14.7. The molecule has 29 heavy (non-hydrogen) atoms. The number of anilines is 1. The molecule has 0 spiro atoms. The van der Waals surface area contributed by atoms with Crippen LogP contribution in [0.1, 0.15) is 0 Å². The molecular formula is C19H14BrN5O2S2. The monoisotopic (exact) mass is 487 g/mol. The lowest BCUT2D eigenvalue weighted by Gasteiger charge is -2.11. The van der Waals surface area contributed by atoms with E-state index >= 15 is 0 Å². The number of rotatable bonds is 6. The molecule has 0 aliphatic carbocycles. The topological polar surface area (TPSA) is 92.9 Å². The van der Waals surface area contributed by atoms with Crippen molar-refractivity contribution in [3.05, 3.63) is 64.6 Å². The van der Waals surface area contributed by atoms with E-state index in [-0.39, 0.29) is 17.4 Å². The summed E-state index contributed by atoms with van der Waals surface area (Å²) in [5, 5.41) is 24.5. The average Bonchev–Trinajstić information content (AvgIpc) is 3.38. The number of halogens is 1. The van der Waals surface area contributed by atoms with E-state index in [1.54, 1.807) is 29.8 Å². The van der Waals surface area contributed by atoms with Crippen LogP contribution in [0.3, 0.4) is 0 Å². The Morgan fingerprint density at radius 2 is 2.03 bits per heavy atom. The number of thiazole rings is 1. The summed E-state index contributed by atoms with van der Waals surface area (Å²) >= 11 is 6.05. The summed E-state index contributed by atoms with van der Waals surface area (Å²) in [6.45, 7) is 0. The van der Waals surface area contributed by atoms with Gasteiger partial charge in [0.2, 0.25) is 5.91 Å². The molecule has 0 saturated heterocycles. The zero-order valence-electron chi connectivity index (χ0n) is 14.8. The first kappa shape index (κ1) is 19.6. The zero-order valence-corrected chi connectivity index (χ0v) is 18.0. The Morgan fingerprint density at radius 1 is 1.21 bits per heavy atom. The van der Waals surface area contributed by atoms with Crippen molar-refractivity contribution in [2.45, 2.75) is 5.16 Å². The third-order valence-corrected chi connectivity index (χ3v) is 5.97. The van der Waals surface area contributed by atoms with Crippen LogP contribution in [0, 0.1) is 0 Å². The highest BCUT2D eigenvalue weighted by Crippen LogP contribution is 2.34. The van der Waals surface area contributed by atoms with Crippen LogP contribution < -0.4 is 5.32 Å². The van der Waals surface area contributed by atoms with Crippen LogP contribution in [0.15, 0.2) is 69.7 Å². The van der Waals surface area contributed by atoms with Gasteiger partial charge in [0.05, 0.1) is 11.3 Å². The third kappa shape index (κ3) is 4.50. The molecular weight excluding hydrogens is 474 g/mol.